The smallest absolute Gasteiger partial charge is 0.250 e. The van der Waals surface area contributed by atoms with E-state index in [9.17, 15) is 0 Å². The van der Waals surface area contributed by atoms with Crippen LogP contribution in [0.2, 0.25) is 0 Å². The summed E-state index contributed by atoms with van der Waals surface area (Å²) in [6, 6.07) is 14.7. The van der Waals surface area contributed by atoms with Gasteiger partial charge in [-0.25, -0.2) is 0 Å². The zero-order valence-corrected chi connectivity index (χ0v) is 16.1. The van der Waals surface area contributed by atoms with Crippen LogP contribution in [0.15, 0.2) is 65.9 Å². The summed E-state index contributed by atoms with van der Waals surface area (Å²) >= 11 is 0. The van der Waals surface area contributed by atoms with Gasteiger partial charge in [0.2, 0.25) is 6.29 Å². The minimum absolute atomic E-state index is 0.233. The fraction of sp³-hybridized carbons (Fsp3) is 0.440. The van der Waals surface area contributed by atoms with Crippen LogP contribution in [0.3, 0.4) is 0 Å². The van der Waals surface area contributed by atoms with Gasteiger partial charge in [-0.1, -0.05) is 68.2 Å². The first kappa shape index (κ1) is 16.9. The van der Waals surface area contributed by atoms with E-state index in [1.54, 1.807) is 5.57 Å². The summed E-state index contributed by atoms with van der Waals surface area (Å²) < 4.78 is 12.3. The maximum atomic E-state index is 6.30. The normalized spacial score (nSPS) is 26.7. The van der Waals surface area contributed by atoms with Crippen molar-refractivity contribution in [2.75, 3.05) is 0 Å². The van der Waals surface area contributed by atoms with Gasteiger partial charge in [0.25, 0.3) is 0 Å². The van der Waals surface area contributed by atoms with Crippen LogP contribution in [0.1, 0.15) is 51.9 Å². The van der Waals surface area contributed by atoms with Crippen LogP contribution >= 0.6 is 0 Å². The molecule has 0 amide bonds. The quantitative estimate of drug-likeness (QED) is 0.563. The van der Waals surface area contributed by atoms with Crippen LogP contribution in [0.5, 0.6) is 5.75 Å². The average molecular weight is 360 g/mol. The van der Waals surface area contributed by atoms with Gasteiger partial charge in [-0.05, 0) is 59.6 Å². The topological polar surface area (TPSA) is 18.5 Å². The molecule has 0 spiro atoms. The Labute approximate surface area is 161 Å². The third-order valence-electron chi connectivity index (χ3n) is 6.84. The van der Waals surface area contributed by atoms with Gasteiger partial charge in [0, 0.05) is 0 Å². The molecule has 0 unspecified atom stereocenters. The van der Waals surface area contributed by atoms with Crippen LogP contribution in [-0.2, 0) is 4.74 Å². The van der Waals surface area contributed by atoms with Crippen LogP contribution < -0.4 is 4.74 Å². The molecular formula is C25H28O2. The molecule has 1 aliphatic heterocycles. The van der Waals surface area contributed by atoms with Crippen LogP contribution in [0.4, 0.5) is 0 Å². The molecule has 2 aliphatic carbocycles. The molecule has 27 heavy (non-hydrogen) atoms. The Morgan fingerprint density at radius 1 is 0.963 bits per heavy atom. The second-order valence-corrected chi connectivity index (χ2v) is 8.66. The second-order valence-electron chi connectivity index (χ2n) is 8.66. The van der Waals surface area contributed by atoms with Crippen molar-refractivity contribution in [3.05, 3.63) is 65.9 Å². The molecule has 2 heteroatoms. The second kappa shape index (κ2) is 6.74. The van der Waals surface area contributed by atoms with Crippen molar-refractivity contribution < 1.29 is 9.47 Å². The molecule has 5 rings (SSSR count). The number of fused-ring (bicyclic) bond motifs is 2. The molecule has 0 aromatic heterocycles. The number of benzene rings is 2. The van der Waals surface area contributed by atoms with Crippen molar-refractivity contribution in [1.29, 1.82) is 0 Å². The van der Waals surface area contributed by atoms with Gasteiger partial charge in [-0.2, -0.15) is 0 Å². The lowest BCUT2D eigenvalue weighted by Gasteiger charge is -2.39. The number of ether oxygens (including phenoxy) is 2. The minimum Gasteiger partial charge on any atom is -0.462 e. The maximum Gasteiger partial charge on any atom is 0.250 e. The zero-order valence-electron chi connectivity index (χ0n) is 16.1. The van der Waals surface area contributed by atoms with Crippen molar-refractivity contribution in [3.63, 3.8) is 0 Å². The summed E-state index contributed by atoms with van der Waals surface area (Å²) in [7, 11) is 0. The lowest BCUT2D eigenvalue weighted by Crippen LogP contribution is -2.30. The standard InChI is InChI=1S/C25H28O2/c1-25(13-5-2-6-14-25)21-11-9-20-17-26-24(23(20)16-21)27-22-12-10-18-7-3-4-8-19(18)15-22/h3-4,7-8,10,12,15-17,23-24H,2,5-6,9,11,13-14H2,1H3/t23-,24-/m1/s1. The predicted molar refractivity (Wildman–Crippen MR) is 110 cm³/mol. The van der Waals surface area contributed by atoms with Crippen LogP contribution in [0, 0.1) is 11.3 Å². The third kappa shape index (κ3) is 3.16. The van der Waals surface area contributed by atoms with E-state index in [1.165, 1.54) is 54.9 Å². The van der Waals surface area contributed by atoms with E-state index >= 15 is 0 Å². The Hall–Kier alpha value is -2.22. The number of allylic oxidation sites excluding steroid dienone is 1. The first-order valence-corrected chi connectivity index (χ1v) is 10.4. The Kier molecular flexibility index (Phi) is 4.22. The van der Waals surface area contributed by atoms with Crippen molar-refractivity contribution in [1.82, 2.24) is 0 Å². The summed E-state index contributed by atoms with van der Waals surface area (Å²) in [5.41, 5.74) is 3.42. The number of hydrogen-bond acceptors (Lipinski definition) is 2. The Morgan fingerprint density at radius 2 is 1.78 bits per heavy atom. The van der Waals surface area contributed by atoms with Gasteiger partial charge in [0.1, 0.15) is 5.75 Å². The molecule has 2 aromatic rings. The van der Waals surface area contributed by atoms with Crippen LogP contribution in [0.25, 0.3) is 10.8 Å². The van der Waals surface area contributed by atoms with Crippen LogP contribution in [-0.4, -0.2) is 6.29 Å². The van der Waals surface area contributed by atoms with Crippen molar-refractivity contribution in [2.24, 2.45) is 11.3 Å². The van der Waals surface area contributed by atoms with Gasteiger partial charge < -0.3 is 9.47 Å². The molecule has 1 heterocycles. The van der Waals surface area contributed by atoms with E-state index in [2.05, 4.69) is 55.5 Å². The van der Waals surface area contributed by atoms with Gasteiger partial charge in [-0.15, -0.1) is 0 Å². The Balaban J connectivity index is 1.38. The number of hydrogen-bond donors (Lipinski definition) is 0. The van der Waals surface area contributed by atoms with E-state index < -0.39 is 0 Å². The highest BCUT2D eigenvalue weighted by Gasteiger charge is 2.39. The lowest BCUT2D eigenvalue weighted by atomic mass is 9.66. The zero-order chi connectivity index (χ0) is 18.3. The molecule has 2 aromatic carbocycles. The van der Waals surface area contributed by atoms with Gasteiger partial charge >= 0.3 is 0 Å². The first-order chi connectivity index (χ1) is 13.2. The highest BCUT2D eigenvalue weighted by Crippen LogP contribution is 2.48. The summed E-state index contributed by atoms with van der Waals surface area (Å²) in [5, 5.41) is 2.44. The molecule has 1 fully saturated rings. The summed E-state index contributed by atoms with van der Waals surface area (Å²) in [6.07, 6.45) is 13.3. The summed E-state index contributed by atoms with van der Waals surface area (Å²) in [5.74, 6) is 1.15. The fourth-order valence-corrected chi connectivity index (χ4v) is 5.11. The maximum absolute atomic E-state index is 6.30. The highest BCUT2D eigenvalue weighted by atomic mass is 16.7. The first-order valence-electron chi connectivity index (χ1n) is 10.4. The third-order valence-corrected chi connectivity index (χ3v) is 6.84. The molecule has 0 saturated heterocycles. The minimum atomic E-state index is -0.233. The SMILES string of the molecule is CC1(C2=C[C@@H]3C(=CO[C@@H]3Oc3ccc4ccccc4c3)CC2)CCCCC1. The van der Waals surface area contributed by atoms with E-state index in [1.807, 2.05) is 6.26 Å². The molecule has 2 atom stereocenters. The van der Waals surface area contributed by atoms with E-state index in [-0.39, 0.29) is 12.2 Å². The van der Waals surface area contributed by atoms with E-state index in [0.29, 0.717) is 5.41 Å². The highest BCUT2D eigenvalue weighted by molar-refractivity contribution is 5.83. The molecular weight excluding hydrogens is 332 g/mol. The monoisotopic (exact) mass is 360 g/mol. The van der Waals surface area contributed by atoms with E-state index in [4.69, 9.17) is 9.47 Å². The lowest BCUT2D eigenvalue weighted by molar-refractivity contribution is -0.0309. The molecule has 140 valence electrons. The van der Waals surface area contributed by atoms with Gasteiger partial charge in [0.15, 0.2) is 0 Å². The molecule has 0 N–H and O–H groups in total. The van der Waals surface area contributed by atoms with Crippen molar-refractivity contribution >= 4 is 10.8 Å². The number of rotatable bonds is 3. The molecule has 2 nitrogen and oxygen atoms in total. The summed E-state index contributed by atoms with van der Waals surface area (Å²) in [6.45, 7) is 2.47. The summed E-state index contributed by atoms with van der Waals surface area (Å²) in [4.78, 5) is 0. The molecule has 3 aliphatic rings. The Bertz CT molecular complexity index is 901. The van der Waals surface area contributed by atoms with Crippen molar-refractivity contribution in [3.8, 4) is 5.75 Å². The van der Waals surface area contributed by atoms with Gasteiger partial charge in [-0.3, -0.25) is 0 Å². The van der Waals surface area contributed by atoms with Gasteiger partial charge in [0.05, 0.1) is 12.2 Å². The largest absolute Gasteiger partial charge is 0.462 e. The molecule has 0 bridgehead atoms. The Morgan fingerprint density at radius 3 is 2.63 bits per heavy atom. The van der Waals surface area contributed by atoms with Crippen molar-refractivity contribution in [2.45, 2.75) is 58.2 Å². The average Bonchev–Trinajstić information content (AvgIpc) is 3.11. The molecule has 0 radical (unpaired) electrons. The van der Waals surface area contributed by atoms with E-state index in [0.717, 1.165) is 12.2 Å². The molecule has 1 saturated carbocycles. The predicted octanol–water partition coefficient (Wildman–Crippen LogP) is 6.77. The fourth-order valence-electron chi connectivity index (χ4n) is 5.11.